The number of carbonyl (C=O) groups is 1. The highest BCUT2D eigenvalue weighted by molar-refractivity contribution is 6.64. The molecule has 0 aromatic rings. The zero-order chi connectivity index (χ0) is 11.4. The lowest BCUT2D eigenvalue weighted by molar-refractivity contribution is -0.132. The summed E-state index contributed by atoms with van der Waals surface area (Å²) < 4.78 is 4.37. The highest BCUT2D eigenvalue weighted by atomic mass is 35.5. The molecular formula is C8H16ClN3O3. The standard InChI is InChI=1S/C8H15N3O3.ClH/c1-8(2,3)14-11-5(6(9)10)7(12)13-4;/h1-4H3,(H3,9,10);1H/b11-5+;. The van der Waals surface area contributed by atoms with Crippen LogP contribution in [0.15, 0.2) is 5.16 Å². The van der Waals surface area contributed by atoms with E-state index in [1.54, 1.807) is 20.8 Å². The highest BCUT2D eigenvalue weighted by Gasteiger charge is 2.18. The molecule has 88 valence electrons. The van der Waals surface area contributed by atoms with E-state index >= 15 is 0 Å². The molecule has 3 N–H and O–H groups in total. The first-order valence-corrected chi connectivity index (χ1v) is 3.97. The Balaban J connectivity index is 0. The number of nitrogens with zero attached hydrogens (tertiary/aromatic N) is 1. The van der Waals surface area contributed by atoms with Crippen molar-refractivity contribution in [1.29, 1.82) is 5.41 Å². The van der Waals surface area contributed by atoms with Gasteiger partial charge in [-0.2, -0.15) is 0 Å². The van der Waals surface area contributed by atoms with Gasteiger partial charge in [-0.05, 0) is 20.8 Å². The van der Waals surface area contributed by atoms with Crippen LogP contribution < -0.4 is 5.73 Å². The van der Waals surface area contributed by atoms with E-state index in [9.17, 15) is 4.79 Å². The van der Waals surface area contributed by atoms with Gasteiger partial charge in [-0.3, -0.25) is 5.41 Å². The van der Waals surface area contributed by atoms with Gasteiger partial charge >= 0.3 is 5.97 Å². The summed E-state index contributed by atoms with van der Waals surface area (Å²) in [6, 6.07) is 0. The lowest BCUT2D eigenvalue weighted by atomic mass is 10.2. The fourth-order valence-electron chi connectivity index (χ4n) is 0.476. The van der Waals surface area contributed by atoms with E-state index in [0.717, 1.165) is 0 Å². The molecule has 0 saturated heterocycles. The molecule has 0 aliphatic carbocycles. The summed E-state index contributed by atoms with van der Waals surface area (Å²) in [5.41, 5.74) is 4.24. The predicted molar refractivity (Wildman–Crippen MR) is 59.5 cm³/mol. The number of methoxy groups -OCH3 is 1. The second-order valence-electron chi connectivity index (χ2n) is 3.55. The van der Waals surface area contributed by atoms with Crippen LogP contribution in [0.25, 0.3) is 0 Å². The average molecular weight is 238 g/mol. The van der Waals surface area contributed by atoms with Crippen LogP contribution in [-0.4, -0.2) is 30.2 Å². The Bertz CT molecular complexity index is 271. The van der Waals surface area contributed by atoms with Gasteiger partial charge in [0, 0.05) is 0 Å². The number of oxime groups is 1. The SMILES string of the molecule is COC(=O)/C(=N/OC(C)(C)C)C(=N)N.Cl. The van der Waals surface area contributed by atoms with Crippen LogP contribution in [0.5, 0.6) is 0 Å². The molecule has 0 rings (SSSR count). The molecule has 0 aliphatic heterocycles. The molecule has 0 aliphatic rings. The summed E-state index contributed by atoms with van der Waals surface area (Å²) in [5, 5.41) is 10.5. The molecular weight excluding hydrogens is 222 g/mol. The summed E-state index contributed by atoms with van der Waals surface area (Å²) in [4.78, 5) is 16.0. The maximum absolute atomic E-state index is 11.0. The van der Waals surface area contributed by atoms with Gasteiger partial charge in [-0.25, -0.2) is 4.79 Å². The van der Waals surface area contributed by atoms with Crippen molar-refractivity contribution in [1.82, 2.24) is 0 Å². The van der Waals surface area contributed by atoms with Crippen LogP contribution in [-0.2, 0) is 14.4 Å². The number of hydrogen-bond acceptors (Lipinski definition) is 5. The number of esters is 1. The number of carbonyl (C=O) groups excluding carboxylic acids is 1. The number of halogens is 1. The molecule has 0 fully saturated rings. The zero-order valence-corrected chi connectivity index (χ0v) is 9.97. The van der Waals surface area contributed by atoms with E-state index in [0.29, 0.717) is 0 Å². The molecule has 0 radical (unpaired) electrons. The van der Waals surface area contributed by atoms with Crippen molar-refractivity contribution in [3.05, 3.63) is 0 Å². The van der Waals surface area contributed by atoms with Crippen molar-refractivity contribution in [2.24, 2.45) is 10.9 Å². The number of ether oxygens (including phenoxy) is 1. The van der Waals surface area contributed by atoms with Crippen molar-refractivity contribution < 1.29 is 14.4 Å². The number of hydrogen-bond donors (Lipinski definition) is 2. The van der Waals surface area contributed by atoms with Crippen LogP contribution in [0, 0.1) is 5.41 Å². The van der Waals surface area contributed by atoms with Gasteiger partial charge in [-0.1, -0.05) is 5.16 Å². The molecule has 0 spiro atoms. The molecule has 0 saturated carbocycles. The number of nitrogens with two attached hydrogens (primary N) is 1. The van der Waals surface area contributed by atoms with Crippen LogP contribution >= 0.6 is 12.4 Å². The van der Waals surface area contributed by atoms with Crippen molar-refractivity contribution in [2.45, 2.75) is 26.4 Å². The largest absolute Gasteiger partial charge is 0.464 e. The van der Waals surface area contributed by atoms with Crippen molar-refractivity contribution in [2.75, 3.05) is 7.11 Å². The maximum atomic E-state index is 11.0. The Labute approximate surface area is 94.7 Å². The predicted octanol–water partition coefficient (Wildman–Crippen LogP) is 0.688. The first kappa shape index (κ1) is 16.1. The molecule has 0 heterocycles. The normalized spacial score (nSPS) is 11.3. The summed E-state index contributed by atoms with van der Waals surface area (Å²) >= 11 is 0. The molecule has 0 aromatic heterocycles. The van der Waals surface area contributed by atoms with Gasteiger partial charge in [0.2, 0.25) is 5.71 Å². The van der Waals surface area contributed by atoms with E-state index in [4.69, 9.17) is 16.0 Å². The minimum atomic E-state index is -0.790. The van der Waals surface area contributed by atoms with E-state index in [2.05, 4.69) is 9.89 Å². The molecule has 0 unspecified atom stereocenters. The van der Waals surface area contributed by atoms with Gasteiger partial charge in [0.1, 0.15) is 5.60 Å². The van der Waals surface area contributed by atoms with E-state index in [-0.39, 0.29) is 18.1 Å². The summed E-state index contributed by atoms with van der Waals surface area (Å²) in [5.74, 6) is -1.28. The van der Waals surface area contributed by atoms with Crippen LogP contribution in [0.4, 0.5) is 0 Å². The van der Waals surface area contributed by atoms with Gasteiger partial charge in [-0.15, -0.1) is 12.4 Å². The molecule has 15 heavy (non-hydrogen) atoms. The molecule has 0 bridgehead atoms. The Morgan fingerprint density at radius 1 is 1.40 bits per heavy atom. The van der Waals surface area contributed by atoms with Gasteiger partial charge in [0.25, 0.3) is 0 Å². The summed E-state index contributed by atoms with van der Waals surface area (Å²) in [6.45, 7) is 5.27. The average Bonchev–Trinajstić information content (AvgIpc) is 2.01. The second kappa shape index (κ2) is 6.23. The number of rotatable bonds is 3. The zero-order valence-electron chi connectivity index (χ0n) is 9.16. The van der Waals surface area contributed by atoms with E-state index < -0.39 is 17.4 Å². The quantitative estimate of drug-likeness (QED) is 0.327. The highest BCUT2D eigenvalue weighted by Crippen LogP contribution is 2.07. The molecule has 0 amide bonds. The van der Waals surface area contributed by atoms with E-state index in [1.807, 2.05) is 0 Å². The minimum absolute atomic E-state index is 0. The minimum Gasteiger partial charge on any atom is -0.464 e. The molecule has 0 atom stereocenters. The Morgan fingerprint density at radius 2 is 1.87 bits per heavy atom. The second-order valence-corrected chi connectivity index (χ2v) is 3.55. The fraction of sp³-hybridized carbons (Fsp3) is 0.625. The lowest BCUT2D eigenvalue weighted by Gasteiger charge is -2.15. The monoisotopic (exact) mass is 237 g/mol. The molecule has 0 aromatic carbocycles. The van der Waals surface area contributed by atoms with Crippen molar-refractivity contribution in [3.8, 4) is 0 Å². The fourth-order valence-corrected chi connectivity index (χ4v) is 0.476. The number of nitrogens with one attached hydrogen (secondary N) is 1. The van der Waals surface area contributed by atoms with E-state index in [1.165, 1.54) is 7.11 Å². The third kappa shape index (κ3) is 6.73. The molecule has 7 heteroatoms. The first-order chi connectivity index (χ1) is 6.28. The Hall–Kier alpha value is -1.30. The number of amidine groups is 1. The van der Waals surface area contributed by atoms with Gasteiger partial charge < -0.3 is 15.3 Å². The van der Waals surface area contributed by atoms with Crippen LogP contribution in [0.1, 0.15) is 20.8 Å². The molecule has 6 nitrogen and oxygen atoms in total. The topological polar surface area (TPSA) is 97.8 Å². The first-order valence-electron chi connectivity index (χ1n) is 3.97. The van der Waals surface area contributed by atoms with Gasteiger partial charge in [0.15, 0.2) is 5.84 Å². The Kier molecular flexibility index (Phi) is 6.71. The summed E-state index contributed by atoms with van der Waals surface area (Å²) in [7, 11) is 1.18. The maximum Gasteiger partial charge on any atom is 0.364 e. The third-order valence-electron chi connectivity index (χ3n) is 1.04. The third-order valence-corrected chi connectivity index (χ3v) is 1.04. The van der Waals surface area contributed by atoms with Crippen molar-refractivity contribution in [3.63, 3.8) is 0 Å². The van der Waals surface area contributed by atoms with Crippen molar-refractivity contribution >= 4 is 29.9 Å². The van der Waals surface area contributed by atoms with Gasteiger partial charge in [0.05, 0.1) is 7.11 Å². The lowest BCUT2D eigenvalue weighted by Crippen LogP contribution is -2.32. The Morgan fingerprint density at radius 3 is 2.13 bits per heavy atom. The smallest absolute Gasteiger partial charge is 0.364 e. The van der Waals surface area contributed by atoms with Crippen LogP contribution in [0.2, 0.25) is 0 Å². The summed E-state index contributed by atoms with van der Waals surface area (Å²) in [6.07, 6.45) is 0. The van der Waals surface area contributed by atoms with Crippen LogP contribution in [0.3, 0.4) is 0 Å².